The van der Waals surface area contributed by atoms with Gasteiger partial charge in [0.15, 0.2) is 6.61 Å². The highest BCUT2D eigenvalue weighted by Crippen LogP contribution is 2.29. The summed E-state index contributed by atoms with van der Waals surface area (Å²) in [5.41, 5.74) is 2.57. The van der Waals surface area contributed by atoms with Gasteiger partial charge in [-0.25, -0.2) is 0 Å². The molecule has 148 valence electrons. The first-order valence-electron chi connectivity index (χ1n) is 10.1. The van der Waals surface area contributed by atoms with E-state index in [1.165, 1.54) is 11.1 Å². The second kappa shape index (κ2) is 9.39. The minimum Gasteiger partial charge on any atom is -0.484 e. The molecule has 1 saturated heterocycles. The van der Waals surface area contributed by atoms with Crippen LogP contribution in [0.15, 0.2) is 91.0 Å². The highest BCUT2D eigenvalue weighted by Gasteiger charge is 2.28. The number of hydrogen-bond donors (Lipinski definition) is 0. The van der Waals surface area contributed by atoms with Gasteiger partial charge in [0.25, 0.3) is 5.91 Å². The Balaban J connectivity index is 1.40. The van der Waals surface area contributed by atoms with Crippen LogP contribution in [-0.2, 0) is 4.79 Å². The van der Waals surface area contributed by atoms with Gasteiger partial charge in [-0.1, -0.05) is 78.9 Å². The van der Waals surface area contributed by atoms with Crippen molar-refractivity contribution in [1.82, 2.24) is 9.80 Å². The monoisotopic (exact) mass is 386 g/mol. The van der Waals surface area contributed by atoms with Gasteiger partial charge in [-0.15, -0.1) is 0 Å². The third-order valence-corrected chi connectivity index (χ3v) is 5.37. The molecule has 0 saturated carbocycles. The van der Waals surface area contributed by atoms with Crippen LogP contribution < -0.4 is 4.74 Å². The summed E-state index contributed by atoms with van der Waals surface area (Å²) in [4.78, 5) is 16.9. The van der Waals surface area contributed by atoms with Crippen molar-refractivity contribution >= 4 is 5.91 Å². The van der Waals surface area contributed by atoms with Gasteiger partial charge in [0.1, 0.15) is 5.75 Å². The van der Waals surface area contributed by atoms with Crippen molar-refractivity contribution in [3.8, 4) is 5.75 Å². The first-order valence-corrected chi connectivity index (χ1v) is 10.1. The third-order valence-electron chi connectivity index (χ3n) is 5.37. The number of para-hydroxylation sites is 1. The summed E-state index contributed by atoms with van der Waals surface area (Å²) < 4.78 is 5.63. The Bertz CT molecular complexity index is 852. The second-order valence-corrected chi connectivity index (χ2v) is 7.24. The van der Waals surface area contributed by atoms with Gasteiger partial charge in [-0.05, 0) is 23.3 Å². The fourth-order valence-electron chi connectivity index (χ4n) is 3.87. The molecule has 0 N–H and O–H groups in total. The highest BCUT2D eigenvalue weighted by molar-refractivity contribution is 5.77. The summed E-state index contributed by atoms with van der Waals surface area (Å²) in [6, 6.07) is 30.9. The van der Waals surface area contributed by atoms with Crippen LogP contribution in [0.1, 0.15) is 17.2 Å². The minimum absolute atomic E-state index is 0.0458. The van der Waals surface area contributed by atoms with Gasteiger partial charge in [-0.2, -0.15) is 0 Å². The number of amides is 1. The maximum atomic E-state index is 12.6. The lowest BCUT2D eigenvalue weighted by molar-refractivity contribution is -0.135. The standard InChI is InChI=1S/C25H26N2O2/c28-24(20-29-23-14-8-3-9-15-23)26-16-18-27(19-17-26)25(21-10-4-1-5-11-21)22-12-6-2-7-13-22/h1-15,25H,16-20H2. The number of rotatable bonds is 6. The first kappa shape index (κ1) is 19.2. The minimum atomic E-state index is 0.0458. The van der Waals surface area contributed by atoms with Crippen molar-refractivity contribution in [3.63, 3.8) is 0 Å². The van der Waals surface area contributed by atoms with Gasteiger partial charge in [-0.3, -0.25) is 9.69 Å². The highest BCUT2D eigenvalue weighted by atomic mass is 16.5. The van der Waals surface area contributed by atoms with E-state index in [0.29, 0.717) is 13.1 Å². The van der Waals surface area contributed by atoms with E-state index in [4.69, 9.17) is 4.74 Å². The molecule has 4 heteroatoms. The van der Waals surface area contributed by atoms with Crippen molar-refractivity contribution in [2.24, 2.45) is 0 Å². The summed E-state index contributed by atoms with van der Waals surface area (Å²) in [6.07, 6.45) is 0. The number of nitrogens with zero attached hydrogens (tertiary/aromatic N) is 2. The first-order chi connectivity index (χ1) is 14.3. The molecule has 0 spiro atoms. The number of carbonyl (C=O) groups is 1. The molecule has 0 unspecified atom stereocenters. The number of ether oxygens (including phenoxy) is 1. The number of benzene rings is 3. The van der Waals surface area contributed by atoms with Crippen LogP contribution in [0.4, 0.5) is 0 Å². The van der Waals surface area contributed by atoms with Crippen LogP contribution in [0, 0.1) is 0 Å². The summed E-state index contributed by atoms with van der Waals surface area (Å²) in [6.45, 7) is 3.20. The number of carbonyl (C=O) groups excluding carboxylic acids is 1. The van der Waals surface area contributed by atoms with Crippen molar-refractivity contribution in [2.75, 3.05) is 32.8 Å². The van der Waals surface area contributed by atoms with Crippen LogP contribution in [0.2, 0.25) is 0 Å². The maximum Gasteiger partial charge on any atom is 0.260 e. The smallest absolute Gasteiger partial charge is 0.260 e. The lowest BCUT2D eigenvalue weighted by Crippen LogP contribution is -2.51. The summed E-state index contributed by atoms with van der Waals surface area (Å²) in [7, 11) is 0. The van der Waals surface area contributed by atoms with Crippen molar-refractivity contribution < 1.29 is 9.53 Å². The van der Waals surface area contributed by atoms with Gasteiger partial charge in [0.05, 0.1) is 6.04 Å². The molecule has 29 heavy (non-hydrogen) atoms. The average molecular weight is 386 g/mol. The van der Waals surface area contributed by atoms with E-state index in [1.54, 1.807) is 0 Å². The zero-order valence-electron chi connectivity index (χ0n) is 16.5. The number of hydrogen-bond acceptors (Lipinski definition) is 3. The Morgan fingerprint density at radius 2 is 1.21 bits per heavy atom. The van der Waals surface area contributed by atoms with E-state index >= 15 is 0 Å². The molecule has 0 atom stereocenters. The molecule has 4 nitrogen and oxygen atoms in total. The van der Waals surface area contributed by atoms with Gasteiger partial charge in [0.2, 0.25) is 0 Å². The quantitative estimate of drug-likeness (QED) is 0.642. The molecule has 1 fully saturated rings. The fraction of sp³-hybridized carbons (Fsp3) is 0.240. The molecular weight excluding hydrogens is 360 g/mol. The molecule has 1 aliphatic rings. The summed E-state index contributed by atoms with van der Waals surface area (Å²) in [5, 5.41) is 0. The molecule has 0 aromatic heterocycles. The van der Waals surface area contributed by atoms with E-state index in [2.05, 4.69) is 65.6 Å². The zero-order chi connectivity index (χ0) is 19.9. The van der Waals surface area contributed by atoms with E-state index < -0.39 is 0 Å². The van der Waals surface area contributed by atoms with Crippen LogP contribution in [0.25, 0.3) is 0 Å². The van der Waals surface area contributed by atoms with E-state index in [-0.39, 0.29) is 18.6 Å². The van der Waals surface area contributed by atoms with Crippen LogP contribution in [0.5, 0.6) is 5.75 Å². The Morgan fingerprint density at radius 1 is 0.724 bits per heavy atom. The van der Waals surface area contributed by atoms with E-state index in [1.807, 2.05) is 35.2 Å². The SMILES string of the molecule is O=C(COc1ccccc1)N1CCN(C(c2ccccc2)c2ccccc2)CC1. The molecular formula is C25H26N2O2. The van der Waals surface area contributed by atoms with Crippen molar-refractivity contribution in [2.45, 2.75) is 6.04 Å². The molecule has 0 radical (unpaired) electrons. The molecule has 4 rings (SSSR count). The molecule has 0 bridgehead atoms. The fourth-order valence-corrected chi connectivity index (χ4v) is 3.87. The normalized spacial score (nSPS) is 14.7. The predicted molar refractivity (Wildman–Crippen MR) is 115 cm³/mol. The third kappa shape index (κ3) is 4.84. The predicted octanol–water partition coefficient (Wildman–Crippen LogP) is 4.00. The summed E-state index contributed by atoms with van der Waals surface area (Å²) in [5.74, 6) is 0.775. The lowest BCUT2D eigenvalue weighted by Gasteiger charge is -2.39. The molecule has 0 aliphatic carbocycles. The Labute approximate surface area is 172 Å². The Morgan fingerprint density at radius 3 is 1.72 bits per heavy atom. The zero-order valence-corrected chi connectivity index (χ0v) is 16.5. The van der Waals surface area contributed by atoms with Gasteiger partial charge < -0.3 is 9.64 Å². The van der Waals surface area contributed by atoms with E-state index in [0.717, 1.165) is 18.8 Å². The molecule has 1 aliphatic heterocycles. The summed E-state index contributed by atoms with van der Waals surface area (Å²) >= 11 is 0. The van der Waals surface area contributed by atoms with Crippen LogP contribution in [0.3, 0.4) is 0 Å². The lowest BCUT2D eigenvalue weighted by atomic mass is 9.96. The Kier molecular flexibility index (Phi) is 6.22. The van der Waals surface area contributed by atoms with Crippen LogP contribution >= 0.6 is 0 Å². The average Bonchev–Trinajstić information content (AvgIpc) is 2.80. The van der Waals surface area contributed by atoms with Gasteiger partial charge >= 0.3 is 0 Å². The maximum absolute atomic E-state index is 12.6. The molecule has 1 heterocycles. The Hall–Kier alpha value is -3.11. The largest absolute Gasteiger partial charge is 0.484 e. The van der Waals surface area contributed by atoms with Crippen LogP contribution in [-0.4, -0.2) is 48.5 Å². The van der Waals surface area contributed by atoms with Crippen molar-refractivity contribution in [3.05, 3.63) is 102 Å². The van der Waals surface area contributed by atoms with E-state index in [9.17, 15) is 4.79 Å². The molecule has 3 aromatic rings. The van der Waals surface area contributed by atoms with Crippen molar-refractivity contribution in [1.29, 1.82) is 0 Å². The molecule has 1 amide bonds. The number of piperazine rings is 1. The molecule has 3 aromatic carbocycles. The van der Waals surface area contributed by atoms with Gasteiger partial charge in [0, 0.05) is 26.2 Å². The second-order valence-electron chi connectivity index (χ2n) is 7.24. The topological polar surface area (TPSA) is 32.8 Å².